The molecule has 3 rings (SSSR count). The zero-order valence-corrected chi connectivity index (χ0v) is 16.2. The molecule has 0 aliphatic heterocycles. The summed E-state index contributed by atoms with van der Waals surface area (Å²) in [6, 6.07) is 16.7. The Morgan fingerprint density at radius 1 is 1.00 bits per heavy atom. The van der Waals surface area contributed by atoms with Gasteiger partial charge < -0.3 is 0 Å². The largest absolute Gasteiger partial charge is 0.207 e. The third-order valence-electron chi connectivity index (χ3n) is 5.51. The third kappa shape index (κ3) is 5.85. The summed E-state index contributed by atoms with van der Waals surface area (Å²) in [4.78, 5) is 0. The highest BCUT2D eigenvalue weighted by Gasteiger charge is 2.25. The molecule has 142 valence electrons. The van der Waals surface area contributed by atoms with Crippen molar-refractivity contribution in [3.63, 3.8) is 0 Å². The SMILES string of the molecule is CCCCC1CCC(C(=NN=Cc2ccc(F)cc2)c2ccccc2)CC1. The highest BCUT2D eigenvalue weighted by atomic mass is 19.1. The van der Waals surface area contributed by atoms with E-state index in [-0.39, 0.29) is 5.82 Å². The van der Waals surface area contributed by atoms with E-state index in [1.165, 1.54) is 57.1 Å². The van der Waals surface area contributed by atoms with Crippen LogP contribution in [0.5, 0.6) is 0 Å². The van der Waals surface area contributed by atoms with Gasteiger partial charge in [-0.2, -0.15) is 10.2 Å². The van der Waals surface area contributed by atoms with E-state index in [1.807, 2.05) is 6.07 Å². The molecule has 0 radical (unpaired) electrons. The van der Waals surface area contributed by atoms with E-state index in [4.69, 9.17) is 0 Å². The van der Waals surface area contributed by atoms with Crippen LogP contribution in [0.4, 0.5) is 4.39 Å². The van der Waals surface area contributed by atoms with Gasteiger partial charge in [-0.3, -0.25) is 0 Å². The van der Waals surface area contributed by atoms with Crippen molar-refractivity contribution in [2.45, 2.75) is 51.9 Å². The van der Waals surface area contributed by atoms with Gasteiger partial charge in [-0.15, -0.1) is 0 Å². The van der Waals surface area contributed by atoms with E-state index >= 15 is 0 Å². The predicted octanol–water partition coefficient (Wildman–Crippen LogP) is 6.65. The summed E-state index contributed by atoms with van der Waals surface area (Å²) < 4.78 is 13.0. The summed E-state index contributed by atoms with van der Waals surface area (Å²) >= 11 is 0. The molecular formula is C24H29FN2. The first kappa shape index (κ1) is 19.5. The average molecular weight is 365 g/mol. The Kier molecular flexibility index (Phi) is 7.32. The Morgan fingerprint density at radius 3 is 2.37 bits per heavy atom. The van der Waals surface area contributed by atoms with Crippen molar-refractivity contribution >= 4 is 11.9 Å². The molecule has 0 unspecified atom stereocenters. The monoisotopic (exact) mass is 364 g/mol. The number of halogens is 1. The fourth-order valence-corrected chi connectivity index (χ4v) is 3.91. The Morgan fingerprint density at radius 2 is 1.70 bits per heavy atom. The van der Waals surface area contributed by atoms with Crippen LogP contribution in [0.25, 0.3) is 0 Å². The fraction of sp³-hybridized carbons (Fsp3) is 0.417. The smallest absolute Gasteiger partial charge is 0.123 e. The van der Waals surface area contributed by atoms with Gasteiger partial charge >= 0.3 is 0 Å². The fourth-order valence-electron chi connectivity index (χ4n) is 3.91. The molecule has 0 bridgehead atoms. The van der Waals surface area contributed by atoms with Crippen LogP contribution in [-0.4, -0.2) is 11.9 Å². The second-order valence-electron chi connectivity index (χ2n) is 7.51. The molecule has 0 aromatic heterocycles. The first-order valence-corrected chi connectivity index (χ1v) is 10.2. The molecule has 0 atom stereocenters. The summed E-state index contributed by atoms with van der Waals surface area (Å²) in [6.07, 6.45) is 10.7. The van der Waals surface area contributed by atoms with Crippen LogP contribution in [0.1, 0.15) is 63.0 Å². The summed E-state index contributed by atoms with van der Waals surface area (Å²) in [5, 5.41) is 8.95. The van der Waals surface area contributed by atoms with Gasteiger partial charge in [0, 0.05) is 5.92 Å². The van der Waals surface area contributed by atoms with Crippen molar-refractivity contribution in [3.05, 3.63) is 71.5 Å². The number of hydrogen-bond acceptors (Lipinski definition) is 2. The quantitative estimate of drug-likeness (QED) is 0.388. The standard InChI is InChI=1S/C24H29FN2/c1-2-3-7-19-10-14-22(15-11-19)24(21-8-5-4-6-9-21)27-26-18-20-12-16-23(25)17-13-20/h4-6,8-9,12-13,16-19,22H,2-3,7,10-11,14-15H2,1H3. The predicted molar refractivity (Wildman–Crippen MR) is 112 cm³/mol. The molecule has 27 heavy (non-hydrogen) atoms. The van der Waals surface area contributed by atoms with Gasteiger partial charge in [-0.05, 0) is 54.9 Å². The maximum absolute atomic E-state index is 13.0. The molecular weight excluding hydrogens is 335 g/mol. The van der Waals surface area contributed by atoms with Crippen LogP contribution >= 0.6 is 0 Å². The Balaban J connectivity index is 1.73. The van der Waals surface area contributed by atoms with Crippen molar-refractivity contribution in [1.29, 1.82) is 0 Å². The molecule has 3 heteroatoms. The first-order chi connectivity index (χ1) is 13.3. The lowest BCUT2D eigenvalue weighted by atomic mass is 9.76. The summed E-state index contributed by atoms with van der Waals surface area (Å²) in [5.41, 5.74) is 3.10. The highest BCUT2D eigenvalue weighted by Crippen LogP contribution is 2.34. The van der Waals surface area contributed by atoms with E-state index in [0.717, 1.165) is 22.8 Å². The molecule has 0 heterocycles. The molecule has 0 amide bonds. The van der Waals surface area contributed by atoms with E-state index < -0.39 is 0 Å². The Bertz CT molecular complexity index is 742. The van der Waals surface area contributed by atoms with Crippen molar-refractivity contribution in [1.82, 2.24) is 0 Å². The Hall–Kier alpha value is -2.29. The minimum Gasteiger partial charge on any atom is -0.207 e. The van der Waals surface area contributed by atoms with Crippen LogP contribution in [-0.2, 0) is 0 Å². The van der Waals surface area contributed by atoms with Crippen LogP contribution in [0, 0.1) is 17.7 Å². The van der Waals surface area contributed by atoms with Crippen molar-refractivity contribution in [3.8, 4) is 0 Å². The molecule has 2 aromatic rings. The minimum atomic E-state index is -0.236. The van der Waals surface area contributed by atoms with E-state index in [1.54, 1.807) is 18.3 Å². The van der Waals surface area contributed by atoms with Crippen molar-refractivity contribution in [2.24, 2.45) is 22.0 Å². The summed E-state index contributed by atoms with van der Waals surface area (Å²) in [7, 11) is 0. The zero-order chi connectivity index (χ0) is 18.9. The third-order valence-corrected chi connectivity index (χ3v) is 5.51. The Labute approximate surface area is 162 Å². The lowest BCUT2D eigenvalue weighted by molar-refractivity contribution is 0.301. The number of rotatable bonds is 7. The molecule has 1 aliphatic carbocycles. The number of hydrogen-bond donors (Lipinski definition) is 0. The van der Waals surface area contributed by atoms with Crippen LogP contribution in [0.3, 0.4) is 0 Å². The van der Waals surface area contributed by atoms with Crippen molar-refractivity contribution in [2.75, 3.05) is 0 Å². The second kappa shape index (κ2) is 10.1. The van der Waals surface area contributed by atoms with Crippen LogP contribution in [0.15, 0.2) is 64.8 Å². The lowest BCUT2D eigenvalue weighted by Gasteiger charge is -2.29. The second-order valence-corrected chi connectivity index (χ2v) is 7.51. The molecule has 0 N–H and O–H groups in total. The van der Waals surface area contributed by atoms with Gasteiger partial charge in [0.25, 0.3) is 0 Å². The molecule has 1 aliphatic rings. The zero-order valence-electron chi connectivity index (χ0n) is 16.2. The maximum atomic E-state index is 13.0. The maximum Gasteiger partial charge on any atom is 0.123 e. The molecule has 0 saturated heterocycles. The topological polar surface area (TPSA) is 24.7 Å². The number of benzene rings is 2. The molecule has 1 saturated carbocycles. The van der Waals surface area contributed by atoms with Gasteiger partial charge in [0.05, 0.1) is 11.9 Å². The van der Waals surface area contributed by atoms with E-state index in [0.29, 0.717) is 5.92 Å². The van der Waals surface area contributed by atoms with Crippen LogP contribution in [0.2, 0.25) is 0 Å². The van der Waals surface area contributed by atoms with Crippen LogP contribution < -0.4 is 0 Å². The molecule has 2 nitrogen and oxygen atoms in total. The summed E-state index contributed by atoms with van der Waals surface area (Å²) in [6.45, 7) is 2.27. The van der Waals surface area contributed by atoms with Gasteiger partial charge in [-0.1, -0.05) is 68.7 Å². The van der Waals surface area contributed by atoms with Crippen molar-refractivity contribution < 1.29 is 4.39 Å². The van der Waals surface area contributed by atoms with Gasteiger partial charge in [-0.25, -0.2) is 4.39 Å². The molecule has 1 fully saturated rings. The average Bonchev–Trinajstić information content (AvgIpc) is 2.72. The molecule has 2 aromatic carbocycles. The first-order valence-electron chi connectivity index (χ1n) is 10.2. The van der Waals surface area contributed by atoms with Gasteiger partial charge in [0.1, 0.15) is 5.82 Å². The van der Waals surface area contributed by atoms with E-state index in [2.05, 4.69) is 41.4 Å². The highest BCUT2D eigenvalue weighted by molar-refractivity contribution is 6.02. The van der Waals surface area contributed by atoms with E-state index in [9.17, 15) is 4.39 Å². The number of nitrogens with zero attached hydrogens (tertiary/aromatic N) is 2. The molecule has 0 spiro atoms. The number of unbranched alkanes of at least 4 members (excludes halogenated alkanes) is 1. The van der Waals surface area contributed by atoms with Gasteiger partial charge in [0.15, 0.2) is 0 Å². The minimum absolute atomic E-state index is 0.236. The normalized spacial score (nSPS) is 20.9. The summed E-state index contributed by atoms with van der Waals surface area (Å²) in [5.74, 6) is 1.11. The lowest BCUT2D eigenvalue weighted by Crippen LogP contribution is -2.22. The van der Waals surface area contributed by atoms with Gasteiger partial charge in [0.2, 0.25) is 0 Å².